The van der Waals surface area contributed by atoms with Gasteiger partial charge in [-0.25, -0.2) is 14.3 Å². The summed E-state index contributed by atoms with van der Waals surface area (Å²) >= 11 is 0. The van der Waals surface area contributed by atoms with Crippen molar-refractivity contribution in [1.82, 2.24) is 25.6 Å². The summed E-state index contributed by atoms with van der Waals surface area (Å²) in [6.07, 6.45) is 1.32. The number of carbonyl (C=O) groups is 2. The number of aromatic carboxylic acids is 1. The first-order chi connectivity index (χ1) is 9.70. The van der Waals surface area contributed by atoms with Gasteiger partial charge in [0, 0.05) is 13.1 Å². The third-order valence-corrected chi connectivity index (χ3v) is 3.43. The van der Waals surface area contributed by atoms with E-state index in [0.717, 1.165) is 0 Å². The van der Waals surface area contributed by atoms with Crippen LogP contribution >= 0.6 is 0 Å². The molecule has 0 aliphatic rings. The van der Waals surface area contributed by atoms with Crippen LogP contribution in [0.25, 0.3) is 0 Å². The Morgan fingerprint density at radius 3 is 2.57 bits per heavy atom. The average molecular weight is 297 g/mol. The molecule has 8 nitrogen and oxygen atoms in total. The molecule has 21 heavy (non-hydrogen) atoms. The Morgan fingerprint density at radius 1 is 1.38 bits per heavy atom. The fourth-order valence-electron chi connectivity index (χ4n) is 1.40. The summed E-state index contributed by atoms with van der Waals surface area (Å²) in [5.74, 6) is -0.764. The second-order valence-corrected chi connectivity index (χ2v) is 6.08. The number of aromatic nitrogens is 3. The van der Waals surface area contributed by atoms with Crippen LogP contribution < -0.4 is 10.6 Å². The van der Waals surface area contributed by atoms with Crippen LogP contribution in [-0.2, 0) is 6.54 Å². The van der Waals surface area contributed by atoms with Crippen LogP contribution in [0.5, 0.6) is 0 Å². The lowest BCUT2D eigenvalue weighted by Crippen LogP contribution is -2.41. The number of nitrogens with one attached hydrogen (secondary N) is 2. The molecular formula is C13H23N5O3. The van der Waals surface area contributed by atoms with E-state index in [0.29, 0.717) is 25.6 Å². The molecule has 1 aromatic rings. The van der Waals surface area contributed by atoms with Crippen molar-refractivity contribution < 1.29 is 14.7 Å². The average Bonchev–Trinajstić information content (AvgIpc) is 2.83. The molecule has 0 fully saturated rings. The topological polar surface area (TPSA) is 109 Å². The van der Waals surface area contributed by atoms with Crippen LogP contribution in [0.2, 0.25) is 0 Å². The minimum atomic E-state index is -1.12. The molecule has 0 aromatic carbocycles. The zero-order chi connectivity index (χ0) is 16.0. The van der Waals surface area contributed by atoms with Gasteiger partial charge >= 0.3 is 12.0 Å². The number of amides is 2. The number of carbonyl (C=O) groups excluding carboxylic acids is 1. The zero-order valence-corrected chi connectivity index (χ0v) is 12.9. The van der Waals surface area contributed by atoms with Crippen LogP contribution in [0.1, 0.15) is 38.2 Å². The highest BCUT2D eigenvalue weighted by molar-refractivity contribution is 5.84. The predicted molar refractivity (Wildman–Crippen MR) is 77.0 cm³/mol. The molecule has 0 aliphatic carbocycles. The molecule has 3 N–H and O–H groups in total. The summed E-state index contributed by atoms with van der Waals surface area (Å²) in [5, 5.41) is 21.3. The zero-order valence-electron chi connectivity index (χ0n) is 12.9. The quantitative estimate of drug-likeness (QED) is 0.724. The lowest BCUT2D eigenvalue weighted by Gasteiger charge is -2.27. The summed E-state index contributed by atoms with van der Waals surface area (Å²) in [5.41, 5.74) is 0.0276. The third-order valence-electron chi connectivity index (χ3n) is 3.43. The van der Waals surface area contributed by atoms with E-state index in [4.69, 9.17) is 5.11 Å². The number of rotatable bonds is 6. The van der Waals surface area contributed by atoms with Gasteiger partial charge in [-0.1, -0.05) is 32.9 Å². The normalized spacial score (nSPS) is 12.8. The Kier molecular flexibility index (Phi) is 5.69. The van der Waals surface area contributed by atoms with Gasteiger partial charge in [0.1, 0.15) is 0 Å². The Bertz CT molecular complexity index is 492. The Morgan fingerprint density at radius 2 is 2.05 bits per heavy atom. The molecule has 2 amide bonds. The van der Waals surface area contributed by atoms with Crippen molar-refractivity contribution in [2.75, 3.05) is 13.1 Å². The number of carboxylic acids is 1. The molecule has 1 heterocycles. The molecule has 118 valence electrons. The summed E-state index contributed by atoms with van der Waals surface area (Å²) < 4.78 is 1.38. The van der Waals surface area contributed by atoms with Gasteiger partial charge in [-0.3, -0.25) is 0 Å². The molecule has 1 aromatic heterocycles. The molecule has 0 spiro atoms. The van der Waals surface area contributed by atoms with Crippen molar-refractivity contribution in [3.8, 4) is 0 Å². The Hall–Kier alpha value is -2.12. The summed E-state index contributed by atoms with van der Waals surface area (Å²) in [4.78, 5) is 22.2. The fourth-order valence-corrected chi connectivity index (χ4v) is 1.40. The van der Waals surface area contributed by atoms with Gasteiger partial charge in [0.2, 0.25) is 0 Å². The molecule has 1 atom stereocenters. The number of nitrogens with zero attached hydrogens (tertiary/aromatic N) is 3. The molecule has 0 aliphatic heterocycles. The molecule has 1 unspecified atom stereocenters. The van der Waals surface area contributed by atoms with Gasteiger partial charge in [0.25, 0.3) is 0 Å². The second-order valence-electron chi connectivity index (χ2n) is 6.08. The van der Waals surface area contributed by atoms with Crippen LogP contribution in [0, 0.1) is 11.3 Å². The second kappa shape index (κ2) is 7.05. The minimum absolute atomic E-state index is 0.113. The number of carboxylic acid groups (broad SMARTS) is 1. The van der Waals surface area contributed by atoms with Gasteiger partial charge in [0.15, 0.2) is 5.69 Å². The maximum Gasteiger partial charge on any atom is 0.358 e. The standard InChI is InChI=1S/C13H23N5O3/c1-9(13(2,3)4)7-15-12(21)14-5-6-18-8-10(11(19)20)16-17-18/h8-9H,5-7H2,1-4H3,(H,19,20)(H2,14,15,21). The first-order valence-electron chi connectivity index (χ1n) is 6.85. The van der Waals surface area contributed by atoms with Crippen LogP contribution in [0.3, 0.4) is 0 Å². The van der Waals surface area contributed by atoms with Crippen molar-refractivity contribution in [3.05, 3.63) is 11.9 Å². The van der Waals surface area contributed by atoms with Gasteiger partial charge < -0.3 is 15.7 Å². The van der Waals surface area contributed by atoms with E-state index in [1.165, 1.54) is 10.9 Å². The molecule has 0 bridgehead atoms. The molecule has 0 saturated heterocycles. The van der Waals surface area contributed by atoms with Crippen LogP contribution in [-0.4, -0.2) is 45.2 Å². The van der Waals surface area contributed by atoms with Crippen LogP contribution in [0.4, 0.5) is 4.79 Å². The SMILES string of the molecule is CC(CNC(=O)NCCn1cc(C(=O)O)nn1)C(C)(C)C. The fraction of sp³-hybridized carbons (Fsp3) is 0.692. The number of hydrogen-bond donors (Lipinski definition) is 3. The molecular weight excluding hydrogens is 274 g/mol. The van der Waals surface area contributed by atoms with Crippen molar-refractivity contribution in [2.24, 2.45) is 11.3 Å². The Labute approximate surface area is 123 Å². The number of hydrogen-bond acceptors (Lipinski definition) is 4. The van der Waals surface area contributed by atoms with Crippen molar-refractivity contribution in [2.45, 2.75) is 34.2 Å². The lowest BCUT2D eigenvalue weighted by molar-refractivity contribution is 0.0690. The highest BCUT2D eigenvalue weighted by Crippen LogP contribution is 2.24. The van der Waals surface area contributed by atoms with Crippen molar-refractivity contribution in [1.29, 1.82) is 0 Å². The van der Waals surface area contributed by atoms with Crippen molar-refractivity contribution >= 4 is 12.0 Å². The predicted octanol–water partition coefficient (Wildman–Crippen LogP) is 0.958. The largest absolute Gasteiger partial charge is 0.476 e. The van der Waals surface area contributed by atoms with E-state index in [-0.39, 0.29) is 17.1 Å². The molecule has 0 radical (unpaired) electrons. The minimum Gasteiger partial charge on any atom is -0.476 e. The van der Waals surface area contributed by atoms with E-state index in [9.17, 15) is 9.59 Å². The van der Waals surface area contributed by atoms with Crippen molar-refractivity contribution in [3.63, 3.8) is 0 Å². The van der Waals surface area contributed by atoms with Crippen LogP contribution in [0.15, 0.2) is 6.20 Å². The Balaban J connectivity index is 2.25. The first-order valence-corrected chi connectivity index (χ1v) is 6.85. The molecule has 1 rings (SSSR count). The highest BCUT2D eigenvalue weighted by atomic mass is 16.4. The van der Waals surface area contributed by atoms with E-state index in [1.54, 1.807) is 0 Å². The third kappa shape index (κ3) is 5.80. The van der Waals surface area contributed by atoms with Gasteiger partial charge in [0.05, 0.1) is 12.7 Å². The summed E-state index contributed by atoms with van der Waals surface area (Å²) in [6.45, 7) is 9.78. The lowest BCUT2D eigenvalue weighted by atomic mass is 9.82. The molecule has 8 heteroatoms. The highest BCUT2D eigenvalue weighted by Gasteiger charge is 2.20. The van der Waals surface area contributed by atoms with E-state index in [1.807, 2.05) is 0 Å². The first kappa shape index (κ1) is 16.9. The van der Waals surface area contributed by atoms with E-state index >= 15 is 0 Å². The smallest absolute Gasteiger partial charge is 0.358 e. The summed E-state index contributed by atoms with van der Waals surface area (Å²) in [6, 6.07) is -0.246. The maximum absolute atomic E-state index is 11.6. The number of urea groups is 1. The van der Waals surface area contributed by atoms with Gasteiger partial charge in [-0.05, 0) is 11.3 Å². The maximum atomic E-state index is 11.6. The summed E-state index contributed by atoms with van der Waals surface area (Å²) in [7, 11) is 0. The molecule has 0 saturated carbocycles. The van der Waals surface area contributed by atoms with Gasteiger partial charge in [-0.2, -0.15) is 0 Å². The van der Waals surface area contributed by atoms with E-state index < -0.39 is 5.97 Å². The van der Waals surface area contributed by atoms with E-state index in [2.05, 4.69) is 48.6 Å². The van der Waals surface area contributed by atoms with Gasteiger partial charge in [-0.15, -0.1) is 5.10 Å². The monoisotopic (exact) mass is 297 g/mol.